The zero-order valence-corrected chi connectivity index (χ0v) is 5.44. The van der Waals surface area contributed by atoms with Gasteiger partial charge in [0.25, 0.3) is 6.29 Å². The highest BCUT2D eigenvalue weighted by molar-refractivity contribution is 9.10. The molecule has 1 aromatic rings. The number of rotatable bonds is 1. The van der Waals surface area contributed by atoms with E-state index in [0.717, 1.165) is 0 Å². The summed E-state index contributed by atoms with van der Waals surface area (Å²) >= 11 is 3.03. The van der Waals surface area contributed by atoms with Crippen molar-refractivity contribution >= 4 is 22.2 Å². The molecule has 0 spiro atoms. The Bertz CT molecular complexity index is 192. The van der Waals surface area contributed by atoms with Gasteiger partial charge in [-0.25, -0.2) is 0 Å². The van der Waals surface area contributed by atoms with Crippen molar-refractivity contribution < 1.29 is 9.21 Å². The van der Waals surface area contributed by atoms with Crippen molar-refractivity contribution in [1.82, 2.24) is 0 Å². The maximum atomic E-state index is 9.78. The summed E-state index contributed by atoms with van der Waals surface area (Å²) in [6.07, 6.45) is 1.60. The molecule has 2 nitrogen and oxygen atoms in total. The lowest BCUT2D eigenvalue weighted by Gasteiger charge is -1.72. The fraction of sp³-hybridized carbons (Fsp3) is 0. The van der Waals surface area contributed by atoms with Gasteiger partial charge in [0.15, 0.2) is 10.4 Å². The van der Waals surface area contributed by atoms with Gasteiger partial charge in [-0.1, -0.05) is 0 Å². The molecule has 1 rings (SSSR count). The van der Waals surface area contributed by atoms with Gasteiger partial charge >= 0.3 is 0 Å². The Labute approximate surface area is 54.6 Å². The van der Waals surface area contributed by atoms with Crippen LogP contribution in [0.4, 0.5) is 0 Å². The number of hydrogen-bond acceptors (Lipinski definition) is 2. The van der Waals surface area contributed by atoms with E-state index in [2.05, 4.69) is 15.9 Å². The third-order valence-electron chi connectivity index (χ3n) is 0.674. The van der Waals surface area contributed by atoms with Gasteiger partial charge in [0.1, 0.15) is 0 Å². The van der Waals surface area contributed by atoms with Crippen LogP contribution in [0.5, 0.6) is 0 Å². The van der Waals surface area contributed by atoms with Gasteiger partial charge in [-0.15, -0.1) is 0 Å². The lowest BCUT2D eigenvalue weighted by atomic mass is 10.5. The quantitative estimate of drug-likeness (QED) is 0.645. The molecule has 1 radical (unpaired) electrons. The first-order valence-electron chi connectivity index (χ1n) is 1.96. The Morgan fingerprint density at radius 2 is 2.38 bits per heavy atom. The zero-order chi connectivity index (χ0) is 5.98. The Morgan fingerprint density at radius 3 is 2.62 bits per heavy atom. The number of hydrogen-bond donors (Lipinski definition) is 0. The van der Waals surface area contributed by atoms with E-state index in [9.17, 15) is 4.79 Å². The molecule has 0 aliphatic heterocycles. The molecule has 1 aromatic heterocycles. The largest absolute Gasteiger partial charge is 0.446 e. The van der Waals surface area contributed by atoms with Gasteiger partial charge in [0.2, 0.25) is 0 Å². The van der Waals surface area contributed by atoms with E-state index in [1.807, 2.05) is 0 Å². The lowest BCUT2D eigenvalue weighted by molar-refractivity contribution is 0.504. The normalized spacial score (nSPS) is 9.12. The monoisotopic (exact) mass is 173 g/mol. The lowest BCUT2D eigenvalue weighted by Crippen LogP contribution is -1.67. The average molecular weight is 174 g/mol. The van der Waals surface area contributed by atoms with E-state index in [-0.39, 0.29) is 5.76 Å². The van der Waals surface area contributed by atoms with Crippen LogP contribution < -0.4 is 0 Å². The first kappa shape index (κ1) is 5.56. The highest BCUT2D eigenvalue weighted by atomic mass is 79.9. The summed E-state index contributed by atoms with van der Waals surface area (Å²) in [5.41, 5.74) is 0. The molecule has 1 heterocycles. The van der Waals surface area contributed by atoms with Crippen molar-refractivity contribution in [3.05, 3.63) is 22.6 Å². The fourth-order valence-corrected chi connectivity index (χ4v) is 0.676. The highest BCUT2D eigenvalue weighted by Crippen LogP contribution is 2.11. The van der Waals surface area contributed by atoms with Crippen molar-refractivity contribution in [3.63, 3.8) is 0 Å². The Balaban J connectivity index is 3.00. The van der Waals surface area contributed by atoms with Crippen LogP contribution in [-0.4, -0.2) is 6.29 Å². The third-order valence-corrected chi connectivity index (χ3v) is 1.10. The van der Waals surface area contributed by atoms with Crippen molar-refractivity contribution in [2.24, 2.45) is 0 Å². The second-order valence-corrected chi connectivity index (χ2v) is 1.99. The summed E-state index contributed by atoms with van der Waals surface area (Å²) < 4.78 is 5.28. The highest BCUT2D eigenvalue weighted by Gasteiger charge is 1.94. The standard InChI is InChI=1S/C5H2BrO2/c6-5-2-1-4(3-7)8-5/h1-2H. The molecule has 0 saturated heterocycles. The predicted octanol–water partition coefficient (Wildman–Crippen LogP) is 1.50. The van der Waals surface area contributed by atoms with Gasteiger partial charge in [0, 0.05) is 0 Å². The van der Waals surface area contributed by atoms with Crippen LogP contribution >= 0.6 is 15.9 Å². The Kier molecular flexibility index (Phi) is 1.48. The molecule has 0 atom stereocenters. The minimum atomic E-state index is 0.219. The number of furan rings is 1. The summed E-state index contributed by atoms with van der Waals surface area (Å²) in [6, 6.07) is 3.18. The van der Waals surface area contributed by atoms with Crippen LogP contribution in [0.2, 0.25) is 0 Å². The molecule has 0 amide bonds. The van der Waals surface area contributed by atoms with Crippen molar-refractivity contribution in [2.45, 2.75) is 0 Å². The molecule has 0 bridgehead atoms. The van der Waals surface area contributed by atoms with E-state index in [1.54, 1.807) is 12.4 Å². The van der Waals surface area contributed by atoms with E-state index in [1.165, 1.54) is 6.07 Å². The molecule has 0 aromatic carbocycles. The van der Waals surface area contributed by atoms with Crippen LogP contribution in [0.15, 0.2) is 21.2 Å². The molecule has 8 heavy (non-hydrogen) atoms. The van der Waals surface area contributed by atoms with Crippen LogP contribution in [0, 0.1) is 0 Å². The van der Waals surface area contributed by atoms with Crippen molar-refractivity contribution in [3.8, 4) is 0 Å². The summed E-state index contributed by atoms with van der Waals surface area (Å²) in [4.78, 5) is 9.78. The summed E-state index contributed by atoms with van der Waals surface area (Å²) in [7, 11) is 0. The van der Waals surface area contributed by atoms with Crippen LogP contribution in [-0.2, 0) is 4.79 Å². The SMILES string of the molecule is O=[C]c1ccc(Br)o1. The van der Waals surface area contributed by atoms with E-state index in [0.29, 0.717) is 4.67 Å². The second-order valence-electron chi connectivity index (χ2n) is 1.21. The molecule has 3 heteroatoms. The summed E-state index contributed by atoms with van der Waals surface area (Å²) in [6.45, 7) is 0. The van der Waals surface area contributed by atoms with E-state index >= 15 is 0 Å². The summed E-state index contributed by atoms with van der Waals surface area (Å²) in [5.74, 6) is 0.219. The predicted molar refractivity (Wildman–Crippen MR) is 31.2 cm³/mol. The molecular formula is C5H2BrO2. The van der Waals surface area contributed by atoms with Gasteiger partial charge in [-0.3, -0.25) is 4.79 Å². The van der Waals surface area contributed by atoms with Crippen LogP contribution in [0.25, 0.3) is 0 Å². The zero-order valence-electron chi connectivity index (χ0n) is 3.85. The van der Waals surface area contributed by atoms with Gasteiger partial charge in [0.05, 0.1) is 0 Å². The van der Waals surface area contributed by atoms with E-state index < -0.39 is 0 Å². The molecular weight excluding hydrogens is 172 g/mol. The van der Waals surface area contributed by atoms with Gasteiger partial charge in [-0.2, -0.15) is 0 Å². The van der Waals surface area contributed by atoms with Crippen molar-refractivity contribution in [2.75, 3.05) is 0 Å². The number of halogens is 1. The smallest absolute Gasteiger partial charge is 0.271 e. The molecule has 0 N–H and O–H groups in total. The molecule has 0 aliphatic rings. The molecule has 0 unspecified atom stereocenters. The minimum absolute atomic E-state index is 0.219. The van der Waals surface area contributed by atoms with Crippen LogP contribution in [0.3, 0.4) is 0 Å². The minimum Gasteiger partial charge on any atom is -0.446 e. The van der Waals surface area contributed by atoms with E-state index in [4.69, 9.17) is 4.42 Å². The topological polar surface area (TPSA) is 30.2 Å². The fourth-order valence-electron chi connectivity index (χ4n) is 0.369. The maximum absolute atomic E-state index is 9.78. The summed E-state index contributed by atoms with van der Waals surface area (Å²) in [5, 5.41) is 0. The van der Waals surface area contributed by atoms with Crippen molar-refractivity contribution in [1.29, 1.82) is 0 Å². The van der Waals surface area contributed by atoms with Crippen LogP contribution in [0.1, 0.15) is 5.76 Å². The first-order valence-corrected chi connectivity index (χ1v) is 2.76. The number of carbonyl (C=O) groups excluding carboxylic acids is 1. The first-order chi connectivity index (χ1) is 3.83. The molecule has 0 saturated carbocycles. The van der Waals surface area contributed by atoms with Gasteiger partial charge < -0.3 is 4.42 Å². The average Bonchev–Trinajstić information content (AvgIpc) is 2.14. The molecule has 41 valence electrons. The Morgan fingerprint density at radius 1 is 1.62 bits per heavy atom. The third kappa shape index (κ3) is 0.980. The Hall–Kier alpha value is -0.570. The molecule has 0 fully saturated rings. The van der Waals surface area contributed by atoms with Gasteiger partial charge in [-0.05, 0) is 28.1 Å². The molecule has 0 aliphatic carbocycles. The second kappa shape index (κ2) is 2.13. The maximum Gasteiger partial charge on any atom is 0.271 e.